The predicted molar refractivity (Wildman–Crippen MR) is 56.3 cm³/mol. The van der Waals surface area contributed by atoms with Gasteiger partial charge in [-0.2, -0.15) is 5.26 Å². The summed E-state index contributed by atoms with van der Waals surface area (Å²) in [5, 5.41) is 8.18. The molecule has 0 saturated carbocycles. The topological polar surface area (TPSA) is 76.4 Å². The molecule has 2 heterocycles. The molecule has 0 aromatic carbocycles. The molecule has 0 amide bonds. The number of ether oxygens (including phenoxy) is 2. The summed E-state index contributed by atoms with van der Waals surface area (Å²) in [6, 6.07) is 2.02. The van der Waals surface area contributed by atoms with Crippen molar-refractivity contribution in [1.29, 1.82) is 5.26 Å². The van der Waals surface area contributed by atoms with E-state index in [-0.39, 0.29) is 17.1 Å². The van der Waals surface area contributed by atoms with Crippen molar-refractivity contribution < 1.29 is 17.9 Å². The molecule has 0 aliphatic carbocycles. The van der Waals surface area contributed by atoms with Crippen molar-refractivity contribution in [1.82, 2.24) is 0 Å². The molecule has 2 aliphatic heterocycles. The van der Waals surface area contributed by atoms with Crippen LogP contribution in [0.1, 0.15) is 25.7 Å². The molecule has 90 valence electrons. The molecule has 5 nitrogen and oxygen atoms in total. The van der Waals surface area contributed by atoms with Crippen LogP contribution in [0.4, 0.5) is 0 Å². The van der Waals surface area contributed by atoms with E-state index in [0.29, 0.717) is 25.9 Å². The summed E-state index contributed by atoms with van der Waals surface area (Å²) >= 11 is 0. The number of nitriles is 1. The average molecular weight is 245 g/mol. The second kappa shape index (κ2) is 4.70. The predicted octanol–water partition coefficient (Wildman–Crippen LogP) is 0.609. The summed E-state index contributed by atoms with van der Waals surface area (Å²) in [6.45, 7) is 0.394. The highest BCUT2D eigenvalue weighted by Crippen LogP contribution is 2.27. The summed E-state index contributed by atoms with van der Waals surface area (Å²) in [6.07, 6.45) is 1.50. The van der Waals surface area contributed by atoms with Crippen LogP contribution in [0.25, 0.3) is 0 Å². The van der Waals surface area contributed by atoms with Crippen LogP contribution in [-0.2, 0) is 19.3 Å². The van der Waals surface area contributed by atoms with Crippen molar-refractivity contribution in [2.45, 2.75) is 43.3 Å². The van der Waals surface area contributed by atoms with Gasteiger partial charge in [0.15, 0.2) is 16.1 Å². The minimum atomic E-state index is -2.93. The third-order valence-electron chi connectivity index (χ3n) is 3.05. The Morgan fingerprint density at radius 1 is 1.44 bits per heavy atom. The maximum absolute atomic E-state index is 11.6. The van der Waals surface area contributed by atoms with Crippen molar-refractivity contribution in [3.05, 3.63) is 0 Å². The molecule has 6 heteroatoms. The first-order valence-corrected chi connectivity index (χ1v) is 7.19. The van der Waals surface area contributed by atoms with Gasteiger partial charge in [-0.1, -0.05) is 0 Å². The number of hydrogen-bond acceptors (Lipinski definition) is 5. The second-order valence-corrected chi connectivity index (χ2v) is 6.65. The molecular formula is C10H15NO4S. The first-order chi connectivity index (χ1) is 7.62. The van der Waals surface area contributed by atoms with Crippen molar-refractivity contribution in [3.8, 4) is 6.07 Å². The molecule has 0 radical (unpaired) electrons. The fourth-order valence-electron chi connectivity index (χ4n) is 2.18. The molecule has 2 fully saturated rings. The molecule has 0 spiro atoms. The third-order valence-corrected chi connectivity index (χ3v) is 5.35. The highest BCUT2D eigenvalue weighted by atomic mass is 32.2. The second-order valence-electron chi connectivity index (χ2n) is 4.25. The first kappa shape index (κ1) is 11.8. The minimum Gasteiger partial charge on any atom is -0.350 e. The van der Waals surface area contributed by atoms with E-state index in [2.05, 4.69) is 0 Å². The van der Waals surface area contributed by atoms with Gasteiger partial charge in [-0.05, 0) is 12.8 Å². The van der Waals surface area contributed by atoms with Crippen LogP contribution in [-0.4, -0.2) is 38.4 Å². The molecule has 0 N–H and O–H groups in total. The fourth-order valence-corrected chi connectivity index (χ4v) is 4.06. The quantitative estimate of drug-likeness (QED) is 0.728. The molecule has 0 bridgehead atoms. The molecule has 3 atom stereocenters. The Balaban J connectivity index is 1.86. The van der Waals surface area contributed by atoms with Crippen molar-refractivity contribution in [2.24, 2.45) is 0 Å². The Kier molecular flexibility index (Phi) is 3.47. The van der Waals surface area contributed by atoms with Crippen LogP contribution < -0.4 is 0 Å². The van der Waals surface area contributed by atoms with Crippen molar-refractivity contribution in [2.75, 3.05) is 12.4 Å². The summed E-state index contributed by atoms with van der Waals surface area (Å²) in [5.41, 5.74) is 0. The maximum Gasteiger partial charge on any atom is 0.159 e. The van der Waals surface area contributed by atoms with E-state index >= 15 is 0 Å². The third kappa shape index (κ3) is 2.54. The lowest BCUT2D eigenvalue weighted by Crippen LogP contribution is -2.23. The van der Waals surface area contributed by atoms with Gasteiger partial charge < -0.3 is 9.47 Å². The Hall–Kier alpha value is -0.640. The molecule has 3 unspecified atom stereocenters. The van der Waals surface area contributed by atoms with Gasteiger partial charge in [0, 0.05) is 6.42 Å². The van der Waals surface area contributed by atoms with Crippen LogP contribution in [0, 0.1) is 11.3 Å². The number of rotatable bonds is 3. The lowest BCUT2D eigenvalue weighted by atomic mass is 10.2. The highest BCUT2D eigenvalue weighted by Gasteiger charge is 2.36. The van der Waals surface area contributed by atoms with E-state index in [4.69, 9.17) is 14.7 Å². The largest absolute Gasteiger partial charge is 0.350 e. The van der Waals surface area contributed by atoms with Crippen LogP contribution in [0.15, 0.2) is 0 Å². The molecule has 2 aliphatic rings. The van der Waals surface area contributed by atoms with E-state index in [1.165, 1.54) is 0 Å². The van der Waals surface area contributed by atoms with Crippen molar-refractivity contribution in [3.63, 3.8) is 0 Å². The van der Waals surface area contributed by atoms with E-state index in [1.807, 2.05) is 6.07 Å². The first-order valence-electron chi connectivity index (χ1n) is 5.47. The number of hydrogen-bond donors (Lipinski definition) is 0. The van der Waals surface area contributed by atoms with Gasteiger partial charge in [-0.25, -0.2) is 8.42 Å². The summed E-state index contributed by atoms with van der Waals surface area (Å²) in [5.74, 6) is 0.284. The normalized spacial score (nSPS) is 37.3. The van der Waals surface area contributed by atoms with E-state index in [1.54, 1.807) is 0 Å². The van der Waals surface area contributed by atoms with Gasteiger partial charge in [-0.15, -0.1) is 0 Å². The molecule has 2 saturated heterocycles. The Bertz CT molecular complexity index is 386. The zero-order chi connectivity index (χ0) is 11.6. The molecular weight excluding hydrogens is 230 g/mol. The van der Waals surface area contributed by atoms with Gasteiger partial charge in [0.25, 0.3) is 0 Å². The Labute approximate surface area is 95.3 Å². The van der Waals surface area contributed by atoms with Gasteiger partial charge in [-0.3, -0.25) is 0 Å². The highest BCUT2D eigenvalue weighted by molar-refractivity contribution is 7.92. The van der Waals surface area contributed by atoms with E-state index in [9.17, 15) is 8.42 Å². The standard InChI is InChI=1S/C10H15NO4S/c11-4-3-8-7-14-10(15-8)6-9-2-1-5-16(9,12)13/h8-10H,1-3,5-7H2. The summed E-state index contributed by atoms with van der Waals surface area (Å²) in [4.78, 5) is 0. The lowest BCUT2D eigenvalue weighted by molar-refractivity contribution is -0.0613. The average Bonchev–Trinajstić information content (AvgIpc) is 2.76. The maximum atomic E-state index is 11.6. The monoisotopic (exact) mass is 245 g/mol. The van der Waals surface area contributed by atoms with Crippen LogP contribution in [0.3, 0.4) is 0 Å². The molecule has 16 heavy (non-hydrogen) atoms. The summed E-state index contributed by atoms with van der Waals surface area (Å²) < 4.78 is 34.0. The van der Waals surface area contributed by atoms with Crippen LogP contribution in [0.2, 0.25) is 0 Å². The van der Waals surface area contributed by atoms with E-state index in [0.717, 1.165) is 6.42 Å². The zero-order valence-electron chi connectivity index (χ0n) is 8.96. The number of nitrogens with zero attached hydrogens (tertiary/aromatic N) is 1. The molecule has 0 aromatic heterocycles. The van der Waals surface area contributed by atoms with Gasteiger partial charge in [0.05, 0.1) is 36.2 Å². The SMILES string of the molecule is N#CCC1COC(CC2CCCS2(=O)=O)O1. The van der Waals surface area contributed by atoms with Gasteiger partial charge >= 0.3 is 0 Å². The summed E-state index contributed by atoms with van der Waals surface area (Å²) in [7, 11) is -2.93. The van der Waals surface area contributed by atoms with Crippen LogP contribution >= 0.6 is 0 Å². The van der Waals surface area contributed by atoms with Crippen LogP contribution in [0.5, 0.6) is 0 Å². The zero-order valence-corrected chi connectivity index (χ0v) is 9.78. The fraction of sp³-hybridized carbons (Fsp3) is 0.900. The molecule has 2 rings (SSSR count). The van der Waals surface area contributed by atoms with Crippen molar-refractivity contribution >= 4 is 9.84 Å². The molecule has 0 aromatic rings. The Morgan fingerprint density at radius 3 is 2.88 bits per heavy atom. The Morgan fingerprint density at radius 2 is 2.25 bits per heavy atom. The van der Waals surface area contributed by atoms with Gasteiger partial charge in [0.1, 0.15) is 0 Å². The minimum absolute atomic E-state index is 0.195. The van der Waals surface area contributed by atoms with Gasteiger partial charge in [0.2, 0.25) is 0 Å². The smallest absolute Gasteiger partial charge is 0.159 e. The number of sulfone groups is 1. The van der Waals surface area contributed by atoms with E-state index < -0.39 is 16.1 Å². The lowest BCUT2D eigenvalue weighted by Gasteiger charge is -2.14.